The van der Waals surface area contributed by atoms with Crippen molar-refractivity contribution in [3.05, 3.63) is 47.8 Å². The van der Waals surface area contributed by atoms with Crippen LogP contribution in [0.15, 0.2) is 36.5 Å². The fourth-order valence-electron chi connectivity index (χ4n) is 1.74. The van der Waals surface area contributed by atoms with E-state index in [0.717, 1.165) is 36.1 Å². The van der Waals surface area contributed by atoms with E-state index in [2.05, 4.69) is 12.0 Å². The zero-order valence-electron chi connectivity index (χ0n) is 9.31. The van der Waals surface area contributed by atoms with E-state index < -0.39 is 0 Å². The number of aryl methyl sites for hydroxylation is 1. The minimum Gasteiger partial charge on any atom is -0.298 e. The first-order chi connectivity index (χ1) is 7.85. The molecule has 1 heterocycles. The predicted octanol–water partition coefficient (Wildman–Crippen LogP) is 2.06. The van der Waals surface area contributed by atoms with Crippen molar-refractivity contribution >= 4 is 6.29 Å². The van der Waals surface area contributed by atoms with Gasteiger partial charge in [-0.2, -0.15) is 5.10 Å². The van der Waals surface area contributed by atoms with E-state index in [1.807, 2.05) is 41.2 Å². The number of nitrogens with zero attached hydrogens (tertiary/aromatic N) is 1. The zero-order chi connectivity index (χ0) is 11.4. The van der Waals surface area contributed by atoms with Gasteiger partial charge in [-0.05, 0) is 6.42 Å². The average Bonchev–Trinajstić information content (AvgIpc) is 2.74. The number of hydrogen-bond donors (Lipinski definition) is 1. The Balaban J connectivity index is 2.40. The Labute approximate surface area is 94.7 Å². The Kier molecular flexibility index (Phi) is 3.15. The molecule has 0 atom stereocenters. The standard InChI is InChI=1S/C13H14N2O/c1-2-6-13-11(10-16)9-15(14-13)12-7-4-3-5-8-12/h3-5,7-10H,2,6H2,1H3/p+1. The molecule has 0 aliphatic heterocycles. The van der Waals surface area contributed by atoms with E-state index in [9.17, 15) is 4.79 Å². The highest BCUT2D eigenvalue weighted by Gasteiger charge is 2.14. The van der Waals surface area contributed by atoms with E-state index in [1.54, 1.807) is 0 Å². The smallest absolute Gasteiger partial charge is 0.235 e. The summed E-state index contributed by atoms with van der Waals surface area (Å²) in [4.78, 5) is 10.9. The first-order valence-electron chi connectivity index (χ1n) is 5.49. The first-order valence-corrected chi connectivity index (χ1v) is 5.49. The number of carbonyl (C=O) groups is 1. The lowest BCUT2D eigenvalue weighted by Crippen LogP contribution is -2.31. The Bertz CT molecular complexity index is 474. The van der Waals surface area contributed by atoms with Crippen LogP contribution < -0.4 is 4.68 Å². The lowest BCUT2D eigenvalue weighted by atomic mass is 10.2. The average molecular weight is 215 g/mol. The van der Waals surface area contributed by atoms with Gasteiger partial charge < -0.3 is 0 Å². The Morgan fingerprint density at radius 1 is 1.31 bits per heavy atom. The van der Waals surface area contributed by atoms with Gasteiger partial charge in [-0.3, -0.25) is 4.79 Å². The number of benzene rings is 1. The van der Waals surface area contributed by atoms with Crippen molar-refractivity contribution in [3.63, 3.8) is 0 Å². The highest BCUT2D eigenvalue weighted by Crippen LogP contribution is 2.05. The van der Waals surface area contributed by atoms with Crippen LogP contribution in [0.5, 0.6) is 0 Å². The number of carbonyl (C=O) groups excluding carboxylic acids is 1. The number of H-pyrrole nitrogens is 1. The van der Waals surface area contributed by atoms with Crippen LogP contribution in [-0.2, 0) is 6.42 Å². The fourth-order valence-corrected chi connectivity index (χ4v) is 1.74. The van der Waals surface area contributed by atoms with Crippen molar-refractivity contribution < 1.29 is 9.48 Å². The molecule has 0 spiro atoms. The number of rotatable bonds is 4. The summed E-state index contributed by atoms with van der Waals surface area (Å²) in [7, 11) is 0. The fraction of sp³-hybridized carbons (Fsp3) is 0.231. The number of para-hydroxylation sites is 1. The molecule has 0 bridgehead atoms. The Morgan fingerprint density at radius 3 is 2.69 bits per heavy atom. The molecule has 3 nitrogen and oxygen atoms in total. The summed E-state index contributed by atoms with van der Waals surface area (Å²) >= 11 is 0. The molecule has 0 saturated carbocycles. The quantitative estimate of drug-likeness (QED) is 0.615. The highest BCUT2D eigenvalue weighted by molar-refractivity contribution is 5.75. The molecule has 0 aliphatic rings. The van der Waals surface area contributed by atoms with Crippen LogP contribution in [0.2, 0.25) is 0 Å². The second kappa shape index (κ2) is 4.75. The minimum atomic E-state index is 0.741. The van der Waals surface area contributed by atoms with Crippen LogP contribution in [0.1, 0.15) is 29.4 Å². The molecule has 2 aromatic rings. The van der Waals surface area contributed by atoms with Crippen LogP contribution in [0.25, 0.3) is 5.69 Å². The van der Waals surface area contributed by atoms with Crippen LogP contribution >= 0.6 is 0 Å². The number of aromatic nitrogens is 2. The maximum atomic E-state index is 10.9. The summed E-state index contributed by atoms with van der Waals surface area (Å²) in [5.74, 6) is 0. The van der Waals surface area contributed by atoms with Gasteiger partial charge in [-0.1, -0.05) is 36.2 Å². The summed E-state index contributed by atoms with van der Waals surface area (Å²) in [6.07, 6.45) is 4.66. The van der Waals surface area contributed by atoms with Crippen LogP contribution in [0.4, 0.5) is 0 Å². The number of aromatic amines is 1. The predicted molar refractivity (Wildman–Crippen MR) is 61.7 cm³/mol. The van der Waals surface area contributed by atoms with Crippen molar-refractivity contribution in [1.29, 1.82) is 0 Å². The molecule has 1 aromatic carbocycles. The van der Waals surface area contributed by atoms with Crippen molar-refractivity contribution in [2.75, 3.05) is 0 Å². The molecule has 0 radical (unpaired) electrons. The van der Waals surface area contributed by atoms with Gasteiger partial charge in [-0.15, -0.1) is 0 Å². The van der Waals surface area contributed by atoms with Crippen molar-refractivity contribution in [1.82, 2.24) is 5.10 Å². The third-order valence-electron chi connectivity index (χ3n) is 2.53. The molecule has 0 saturated heterocycles. The monoisotopic (exact) mass is 215 g/mol. The lowest BCUT2D eigenvalue weighted by molar-refractivity contribution is -0.655. The molecule has 0 aliphatic carbocycles. The molecule has 16 heavy (non-hydrogen) atoms. The number of nitrogens with one attached hydrogen (secondary N) is 1. The Hall–Kier alpha value is -1.90. The molecule has 0 amide bonds. The van der Waals surface area contributed by atoms with Gasteiger partial charge in [0.2, 0.25) is 11.9 Å². The van der Waals surface area contributed by atoms with Gasteiger partial charge >= 0.3 is 0 Å². The van der Waals surface area contributed by atoms with E-state index in [1.165, 1.54) is 0 Å². The van der Waals surface area contributed by atoms with E-state index in [4.69, 9.17) is 0 Å². The van der Waals surface area contributed by atoms with Crippen LogP contribution in [0, 0.1) is 0 Å². The summed E-state index contributed by atoms with van der Waals surface area (Å²) in [6.45, 7) is 2.10. The highest BCUT2D eigenvalue weighted by atomic mass is 16.1. The summed E-state index contributed by atoms with van der Waals surface area (Å²) in [5.41, 5.74) is 2.78. The second-order valence-electron chi connectivity index (χ2n) is 3.75. The first kappa shape index (κ1) is 10.6. The van der Waals surface area contributed by atoms with Gasteiger partial charge in [-0.25, -0.2) is 0 Å². The normalized spacial score (nSPS) is 10.3. The van der Waals surface area contributed by atoms with E-state index >= 15 is 0 Å². The van der Waals surface area contributed by atoms with Gasteiger partial charge in [0.05, 0.1) is 5.69 Å². The molecule has 3 heteroatoms. The maximum absolute atomic E-state index is 10.9. The minimum absolute atomic E-state index is 0.741. The molecular formula is C13H15N2O+. The molecule has 2 rings (SSSR count). The SMILES string of the molecule is CCCc1[nH][n+](-c2ccccc2)cc1C=O. The summed E-state index contributed by atoms with van der Waals surface area (Å²) in [6, 6.07) is 9.93. The van der Waals surface area contributed by atoms with Gasteiger partial charge in [0.15, 0.2) is 6.29 Å². The second-order valence-corrected chi connectivity index (χ2v) is 3.75. The molecule has 0 unspecified atom stereocenters. The van der Waals surface area contributed by atoms with Crippen molar-refractivity contribution in [3.8, 4) is 5.69 Å². The van der Waals surface area contributed by atoms with Crippen LogP contribution in [-0.4, -0.2) is 11.4 Å². The van der Waals surface area contributed by atoms with Gasteiger partial charge in [0.1, 0.15) is 5.56 Å². The number of aldehydes is 1. The molecule has 1 N–H and O–H groups in total. The lowest BCUT2D eigenvalue weighted by Gasteiger charge is -1.91. The molecule has 1 aromatic heterocycles. The third kappa shape index (κ3) is 2.03. The largest absolute Gasteiger partial charge is 0.298 e. The molecular weight excluding hydrogens is 200 g/mol. The maximum Gasteiger partial charge on any atom is 0.235 e. The summed E-state index contributed by atoms with van der Waals surface area (Å²) < 4.78 is 1.88. The van der Waals surface area contributed by atoms with Crippen molar-refractivity contribution in [2.45, 2.75) is 19.8 Å². The topological polar surface area (TPSA) is 36.7 Å². The van der Waals surface area contributed by atoms with E-state index in [-0.39, 0.29) is 0 Å². The van der Waals surface area contributed by atoms with E-state index in [0.29, 0.717) is 0 Å². The third-order valence-corrected chi connectivity index (χ3v) is 2.53. The zero-order valence-corrected chi connectivity index (χ0v) is 9.31. The summed E-state index contributed by atoms with van der Waals surface area (Å²) in [5, 5.41) is 3.24. The van der Waals surface area contributed by atoms with Gasteiger partial charge in [0, 0.05) is 12.1 Å². The molecule has 0 fully saturated rings. The van der Waals surface area contributed by atoms with Crippen molar-refractivity contribution in [2.24, 2.45) is 0 Å². The van der Waals surface area contributed by atoms with Crippen LogP contribution in [0.3, 0.4) is 0 Å². The van der Waals surface area contributed by atoms with Gasteiger partial charge in [0.25, 0.3) is 0 Å². The molecule has 82 valence electrons. The number of hydrogen-bond acceptors (Lipinski definition) is 1. The Morgan fingerprint density at radius 2 is 2.06 bits per heavy atom.